The number of hydrogen-bond donors (Lipinski definition) is 0. The molecule has 18 heavy (non-hydrogen) atoms. The maximum atomic E-state index is 12.6. The average molecular weight is 275 g/mol. The van der Waals surface area contributed by atoms with E-state index < -0.39 is 11.7 Å². The van der Waals surface area contributed by atoms with Crippen LogP contribution in [0.1, 0.15) is 23.4 Å². The molecule has 1 aromatic rings. The van der Waals surface area contributed by atoms with Gasteiger partial charge in [0.1, 0.15) is 5.37 Å². The molecule has 1 aliphatic heterocycles. The van der Waals surface area contributed by atoms with Crippen LogP contribution in [-0.2, 0) is 11.0 Å². The topological polar surface area (TPSA) is 20.3 Å². The largest absolute Gasteiger partial charge is 0.416 e. The molecule has 1 amide bonds. The lowest BCUT2D eigenvalue weighted by Gasteiger charge is -2.23. The molecule has 0 radical (unpaired) electrons. The van der Waals surface area contributed by atoms with Crippen LogP contribution >= 0.6 is 11.8 Å². The maximum absolute atomic E-state index is 12.6. The highest BCUT2D eigenvalue weighted by Gasteiger charge is 2.33. The van der Waals surface area contributed by atoms with Crippen molar-refractivity contribution in [3.63, 3.8) is 0 Å². The molecule has 1 aromatic carbocycles. The second-order valence-electron chi connectivity index (χ2n) is 4.06. The Hall–Kier alpha value is -1.17. The molecule has 1 atom stereocenters. The lowest BCUT2D eigenvalue weighted by Crippen LogP contribution is -2.27. The van der Waals surface area contributed by atoms with Gasteiger partial charge in [0.25, 0.3) is 0 Å². The summed E-state index contributed by atoms with van der Waals surface area (Å²) < 4.78 is 37.9. The number of carbonyl (C=O) groups is 1. The van der Waals surface area contributed by atoms with Crippen LogP contribution in [0.3, 0.4) is 0 Å². The Kier molecular flexibility index (Phi) is 3.56. The molecule has 1 aliphatic rings. The Morgan fingerprint density at radius 1 is 1.44 bits per heavy atom. The summed E-state index contributed by atoms with van der Waals surface area (Å²) in [7, 11) is 0. The second kappa shape index (κ2) is 4.84. The average Bonchev–Trinajstić information content (AvgIpc) is 2.77. The van der Waals surface area contributed by atoms with Crippen molar-refractivity contribution in [1.82, 2.24) is 4.90 Å². The SMILES string of the molecule is CC(=O)N1CCSC1c1cccc(C(F)(F)F)c1. The van der Waals surface area contributed by atoms with E-state index in [-0.39, 0.29) is 11.3 Å². The zero-order chi connectivity index (χ0) is 13.3. The summed E-state index contributed by atoms with van der Waals surface area (Å²) in [6.45, 7) is 2.02. The first-order valence-corrected chi connectivity index (χ1v) is 6.50. The minimum Gasteiger partial charge on any atom is -0.326 e. The summed E-state index contributed by atoms with van der Waals surface area (Å²) in [6.07, 6.45) is -4.35. The van der Waals surface area contributed by atoms with E-state index in [0.717, 1.165) is 17.9 Å². The van der Waals surface area contributed by atoms with Crippen molar-refractivity contribution in [2.75, 3.05) is 12.3 Å². The molecule has 1 fully saturated rings. The fraction of sp³-hybridized carbons (Fsp3) is 0.417. The van der Waals surface area contributed by atoms with Gasteiger partial charge in [-0.25, -0.2) is 0 Å². The van der Waals surface area contributed by atoms with Crippen molar-refractivity contribution in [1.29, 1.82) is 0 Å². The van der Waals surface area contributed by atoms with E-state index in [2.05, 4.69) is 0 Å². The predicted octanol–water partition coefficient (Wildman–Crippen LogP) is 3.30. The van der Waals surface area contributed by atoms with Crippen LogP contribution in [-0.4, -0.2) is 23.1 Å². The third-order valence-electron chi connectivity index (χ3n) is 2.79. The number of nitrogens with zero attached hydrogens (tertiary/aromatic N) is 1. The minimum absolute atomic E-state index is 0.109. The number of halogens is 3. The van der Waals surface area contributed by atoms with E-state index >= 15 is 0 Å². The van der Waals surface area contributed by atoms with E-state index in [4.69, 9.17) is 0 Å². The van der Waals surface area contributed by atoms with Gasteiger partial charge in [0.05, 0.1) is 5.56 Å². The van der Waals surface area contributed by atoms with E-state index in [1.54, 1.807) is 11.0 Å². The molecule has 1 heterocycles. The lowest BCUT2D eigenvalue weighted by atomic mass is 10.1. The number of carbonyl (C=O) groups excluding carboxylic acids is 1. The first kappa shape index (κ1) is 13.3. The molecule has 6 heteroatoms. The molecule has 2 nitrogen and oxygen atoms in total. The van der Waals surface area contributed by atoms with E-state index in [0.29, 0.717) is 12.1 Å². The van der Waals surface area contributed by atoms with E-state index in [1.807, 2.05) is 0 Å². The number of thioether (sulfide) groups is 1. The van der Waals surface area contributed by atoms with Crippen molar-refractivity contribution in [3.05, 3.63) is 35.4 Å². The van der Waals surface area contributed by atoms with Gasteiger partial charge in [-0.05, 0) is 17.7 Å². The van der Waals surface area contributed by atoms with Crippen molar-refractivity contribution in [2.45, 2.75) is 18.5 Å². The van der Waals surface area contributed by atoms with Gasteiger partial charge in [0.15, 0.2) is 0 Å². The molecule has 0 saturated carbocycles. The highest BCUT2D eigenvalue weighted by Crippen LogP contribution is 2.39. The smallest absolute Gasteiger partial charge is 0.326 e. The highest BCUT2D eigenvalue weighted by atomic mass is 32.2. The minimum atomic E-state index is -4.35. The van der Waals surface area contributed by atoms with Gasteiger partial charge in [-0.2, -0.15) is 13.2 Å². The number of benzene rings is 1. The maximum Gasteiger partial charge on any atom is 0.416 e. The Morgan fingerprint density at radius 2 is 2.17 bits per heavy atom. The first-order chi connectivity index (χ1) is 8.39. The number of hydrogen-bond acceptors (Lipinski definition) is 2. The monoisotopic (exact) mass is 275 g/mol. The van der Waals surface area contributed by atoms with Gasteiger partial charge in [-0.1, -0.05) is 12.1 Å². The number of rotatable bonds is 1. The number of alkyl halides is 3. The third kappa shape index (κ3) is 2.63. The van der Waals surface area contributed by atoms with Crippen molar-refractivity contribution >= 4 is 17.7 Å². The molecule has 0 bridgehead atoms. The Labute approximate surface area is 107 Å². The van der Waals surface area contributed by atoms with Crippen molar-refractivity contribution < 1.29 is 18.0 Å². The second-order valence-corrected chi connectivity index (χ2v) is 5.25. The van der Waals surface area contributed by atoms with Gasteiger partial charge in [-0.3, -0.25) is 4.79 Å². The van der Waals surface area contributed by atoms with Gasteiger partial charge in [0, 0.05) is 19.2 Å². The van der Waals surface area contributed by atoms with E-state index in [1.165, 1.54) is 24.8 Å². The summed E-state index contributed by atoms with van der Waals surface area (Å²) in [6, 6.07) is 5.18. The first-order valence-electron chi connectivity index (χ1n) is 5.45. The van der Waals surface area contributed by atoms with Gasteiger partial charge < -0.3 is 4.90 Å². The molecule has 98 valence electrons. The Bertz CT molecular complexity index is 461. The normalized spacial score (nSPS) is 20.2. The van der Waals surface area contributed by atoms with Crippen LogP contribution in [0.2, 0.25) is 0 Å². The van der Waals surface area contributed by atoms with Crippen LogP contribution < -0.4 is 0 Å². The quantitative estimate of drug-likeness (QED) is 0.783. The van der Waals surface area contributed by atoms with Crippen LogP contribution in [0.15, 0.2) is 24.3 Å². The molecule has 1 unspecified atom stereocenters. The molecular formula is C12H12F3NOS. The molecular weight excluding hydrogens is 263 g/mol. The molecule has 1 saturated heterocycles. The Balaban J connectivity index is 2.31. The van der Waals surface area contributed by atoms with Crippen LogP contribution in [0.4, 0.5) is 13.2 Å². The summed E-state index contributed by atoms with van der Waals surface area (Å²) in [5.41, 5.74) is -0.140. The fourth-order valence-corrected chi connectivity index (χ4v) is 3.24. The van der Waals surface area contributed by atoms with Gasteiger partial charge >= 0.3 is 6.18 Å². The van der Waals surface area contributed by atoms with Crippen LogP contribution in [0.25, 0.3) is 0 Å². The molecule has 0 aromatic heterocycles. The van der Waals surface area contributed by atoms with Crippen LogP contribution in [0.5, 0.6) is 0 Å². The predicted molar refractivity (Wildman–Crippen MR) is 64.0 cm³/mol. The zero-order valence-corrected chi connectivity index (χ0v) is 10.5. The third-order valence-corrected chi connectivity index (χ3v) is 4.06. The molecule has 0 spiro atoms. The van der Waals surface area contributed by atoms with Crippen molar-refractivity contribution in [2.24, 2.45) is 0 Å². The van der Waals surface area contributed by atoms with E-state index in [9.17, 15) is 18.0 Å². The molecule has 0 aliphatic carbocycles. The zero-order valence-electron chi connectivity index (χ0n) is 9.70. The summed E-state index contributed by atoms with van der Waals surface area (Å²) in [5.74, 6) is 0.642. The standard InChI is InChI=1S/C12H12F3NOS/c1-8(17)16-5-6-18-11(16)9-3-2-4-10(7-9)12(13,14)15/h2-4,7,11H,5-6H2,1H3. The summed E-state index contributed by atoms with van der Waals surface area (Å²) >= 11 is 1.49. The highest BCUT2D eigenvalue weighted by molar-refractivity contribution is 7.99. The fourth-order valence-electron chi connectivity index (χ4n) is 1.94. The van der Waals surface area contributed by atoms with Crippen LogP contribution in [0, 0.1) is 0 Å². The van der Waals surface area contributed by atoms with Gasteiger partial charge in [-0.15, -0.1) is 11.8 Å². The molecule has 0 N–H and O–H groups in total. The van der Waals surface area contributed by atoms with Crippen molar-refractivity contribution in [3.8, 4) is 0 Å². The summed E-state index contributed by atoms with van der Waals surface area (Å²) in [5, 5.41) is -0.301. The van der Waals surface area contributed by atoms with Gasteiger partial charge in [0.2, 0.25) is 5.91 Å². The summed E-state index contributed by atoms with van der Waals surface area (Å²) in [4.78, 5) is 13.0. The molecule has 2 rings (SSSR count). The Morgan fingerprint density at radius 3 is 2.78 bits per heavy atom. The lowest BCUT2D eigenvalue weighted by molar-refractivity contribution is -0.137. The number of amides is 1.